The first-order valence-corrected chi connectivity index (χ1v) is 8.37. The smallest absolute Gasteiger partial charge is 0.320 e. The van der Waals surface area contributed by atoms with Crippen LogP contribution in [0, 0.1) is 5.92 Å². The van der Waals surface area contributed by atoms with Crippen LogP contribution in [0.15, 0.2) is 24.3 Å². The number of carbonyl (C=O) groups excluding carboxylic acids is 1. The highest BCUT2D eigenvalue weighted by Crippen LogP contribution is 2.27. The molecule has 3 rings (SSSR count). The van der Waals surface area contributed by atoms with Crippen LogP contribution in [-0.4, -0.2) is 34.7 Å². The van der Waals surface area contributed by atoms with Gasteiger partial charge < -0.3 is 15.8 Å². The van der Waals surface area contributed by atoms with Crippen molar-refractivity contribution < 1.29 is 18.3 Å². The second kappa shape index (κ2) is 10.2. The molecule has 2 atom stereocenters. The summed E-state index contributed by atoms with van der Waals surface area (Å²) in [6, 6.07) is 5.30. The zero-order valence-corrected chi connectivity index (χ0v) is 16.4. The summed E-state index contributed by atoms with van der Waals surface area (Å²) in [7, 11) is 0. The number of imidazole rings is 1. The number of benzene rings is 1. The summed E-state index contributed by atoms with van der Waals surface area (Å²) in [5.74, 6) is -0.203. The SMILES string of the molecule is CC(NC(=O)C(N)C1CCOCC1)c1nc2ccccc2n1C(F)F.Cl.Cl. The summed E-state index contributed by atoms with van der Waals surface area (Å²) in [4.78, 5) is 16.7. The molecule has 0 radical (unpaired) electrons. The lowest BCUT2D eigenvalue weighted by Gasteiger charge is -2.27. The fraction of sp³-hybridized carbons (Fsp3) is 0.529. The van der Waals surface area contributed by atoms with E-state index in [1.54, 1.807) is 31.2 Å². The van der Waals surface area contributed by atoms with E-state index in [2.05, 4.69) is 10.3 Å². The summed E-state index contributed by atoms with van der Waals surface area (Å²) < 4.78 is 33.1. The topological polar surface area (TPSA) is 82.2 Å². The number of halogens is 4. The van der Waals surface area contributed by atoms with Gasteiger partial charge in [0.1, 0.15) is 5.82 Å². The average Bonchev–Trinajstić information content (AvgIpc) is 3.01. The predicted octanol–water partition coefficient (Wildman–Crippen LogP) is 3.21. The Morgan fingerprint density at radius 2 is 1.93 bits per heavy atom. The molecular formula is C17H24Cl2F2N4O2. The van der Waals surface area contributed by atoms with Gasteiger partial charge in [0.2, 0.25) is 5.91 Å². The van der Waals surface area contributed by atoms with E-state index < -0.39 is 18.6 Å². The predicted molar refractivity (Wildman–Crippen MR) is 104 cm³/mol. The first-order valence-electron chi connectivity index (χ1n) is 8.37. The molecule has 1 amide bonds. The van der Waals surface area contributed by atoms with Gasteiger partial charge in [0.05, 0.1) is 23.1 Å². The Kier molecular flexibility index (Phi) is 8.87. The third-order valence-electron chi connectivity index (χ3n) is 4.64. The molecule has 0 bridgehead atoms. The molecule has 3 N–H and O–H groups in total. The van der Waals surface area contributed by atoms with Gasteiger partial charge in [-0.3, -0.25) is 9.36 Å². The van der Waals surface area contributed by atoms with Gasteiger partial charge in [-0.25, -0.2) is 4.98 Å². The summed E-state index contributed by atoms with van der Waals surface area (Å²) in [5, 5.41) is 2.73. The number of amides is 1. The number of aromatic nitrogens is 2. The highest BCUT2D eigenvalue weighted by atomic mass is 35.5. The van der Waals surface area contributed by atoms with Crippen LogP contribution in [0.3, 0.4) is 0 Å². The standard InChI is InChI=1S/C17H22F2N4O2.2ClH/c1-10(21-16(24)14(20)11-6-8-25-9-7-11)15-22-12-4-2-3-5-13(12)23(15)17(18)19;;/h2-5,10-11,14,17H,6-9,20H2,1H3,(H,21,24);2*1H. The monoisotopic (exact) mass is 424 g/mol. The van der Waals surface area contributed by atoms with Gasteiger partial charge in [0.15, 0.2) is 0 Å². The van der Waals surface area contributed by atoms with Crippen LogP contribution < -0.4 is 11.1 Å². The maximum Gasteiger partial charge on any atom is 0.320 e. The van der Waals surface area contributed by atoms with Crippen molar-refractivity contribution in [2.75, 3.05) is 13.2 Å². The van der Waals surface area contributed by atoms with Gasteiger partial charge in [-0.15, -0.1) is 24.8 Å². The van der Waals surface area contributed by atoms with Crippen molar-refractivity contribution in [2.24, 2.45) is 11.7 Å². The average molecular weight is 425 g/mol. The first-order chi connectivity index (χ1) is 12.0. The van der Waals surface area contributed by atoms with E-state index in [1.807, 2.05) is 0 Å². The molecule has 6 nitrogen and oxygen atoms in total. The maximum atomic E-state index is 13.5. The molecule has 10 heteroatoms. The molecule has 1 aromatic carbocycles. The molecule has 2 heterocycles. The first kappa shape index (κ1) is 23.6. The molecule has 1 aromatic heterocycles. The minimum absolute atomic E-state index is 0. The highest BCUT2D eigenvalue weighted by molar-refractivity contribution is 5.85. The van der Waals surface area contributed by atoms with Crippen molar-refractivity contribution in [3.63, 3.8) is 0 Å². The van der Waals surface area contributed by atoms with Gasteiger partial charge in [0, 0.05) is 13.2 Å². The number of para-hydroxylation sites is 2. The summed E-state index contributed by atoms with van der Waals surface area (Å²) >= 11 is 0. The molecule has 2 aromatic rings. The molecule has 0 spiro atoms. The third kappa shape index (κ3) is 5.07. The Morgan fingerprint density at radius 1 is 1.30 bits per heavy atom. The van der Waals surface area contributed by atoms with Crippen molar-refractivity contribution in [1.29, 1.82) is 0 Å². The maximum absolute atomic E-state index is 13.5. The molecule has 1 aliphatic rings. The Hall–Kier alpha value is -1.48. The molecule has 1 fully saturated rings. The van der Waals surface area contributed by atoms with Gasteiger partial charge in [-0.1, -0.05) is 12.1 Å². The molecular weight excluding hydrogens is 401 g/mol. The lowest BCUT2D eigenvalue weighted by atomic mass is 9.91. The van der Waals surface area contributed by atoms with E-state index in [9.17, 15) is 13.6 Å². The summed E-state index contributed by atoms with van der Waals surface area (Å²) in [5.41, 5.74) is 6.85. The number of carbonyl (C=O) groups is 1. The molecule has 2 unspecified atom stereocenters. The van der Waals surface area contributed by atoms with E-state index in [0.717, 1.165) is 17.4 Å². The lowest BCUT2D eigenvalue weighted by molar-refractivity contribution is -0.125. The lowest BCUT2D eigenvalue weighted by Crippen LogP contribution is -2.48. The minimum atomic E-state index is -2.74. The van der Waals surface area contributed by atoms with Crippen LogP contribution in [0.1, 0.15) is 38.2 Å². The number of ether oxygens (including phenoxy) is 1. The minimum Gasteiger partial charge on any atom is -0.381 e. The Labute approximate surface area is 168 Å². The zero-order valence-electron chi connectivity index (χ0n) is 14.8. The fourth-order valence-corrected chi connectivity index (χ4v) is 3.24. The largest absolute Gasteiger partial charge is 0.381 e. The molecule has 152 valence electrons. The van der Waals surface area contributed by atoms with E-state index in [-0.39, 0.29) is 42.5 Å². The van der Waals surface area contributed by atoms with Gasteiger partial charge in [-0.2, -0.15) is 8.78 Å². The fourth-order valence-electron chi connectivity index (χ4n) is 3.24. The van der Waals surface area contributed by atoms with E-state index >= 15 is 0 Å². The number of rotatable bonds is 5. The van der Waals surface area contributed by atoms with Gasteiger partial charge in [0.25, 0.3) is 0 Å². The van der Waals surface area contributed by atoms with Crippen molar-refractivity contribution in [1.82, 2.24) is 14.9 Å². The number of hydrogen-bond donors (Lipinski definition) is 2. The number of nitrogens with one attached hydrogen (secondary N) is 1. The number of hydrogen-bond acceptors (Lipinski definition) is 4. The van der Waals surface area contributed by atoms with Crippen LogP contribution >= 0.6 is 24.8 Å². The van der Waals surface area contributed by atoms with Crippen molar-refractivity contribution in [3.05, 3.63) is 30.1 Å². The zero-order chi connectivity index (χ0) is 18.0. The molecule has 27 heavy (non-hydrogen) atoms. The Balaban J connectivity index is 0.00000182. The summed E-state index contributed by atoms with van der Waals surface area (Å²) in [6.45, 7) is 0.0605. The number of nitrogens with two attached hydrogens (primary N) is 1. The van der Waals surface area contributed by atoms with Gasteiger partial charge >= 0.3 is 6.55 Å². The van der Waals surface area contributed by atoms with Gasteiger partial charge in [-0.05, 0) is 37.8 Å². The Morgan fingerprint density at radius 3 is 2.56 bits per heavy atom. The second-order valence-electron chi connectivity index (χ2n) is 6.31. The van der Waals surface area contributed by atoms with Crippen molar-refractivity contribution in [2.45, 2.75) is 38.4 Å². The van der Waals surface area contributed by atoms with E-state index in [0.29, 0.717) is 24.2 Å². The van der Waals surface area contributed by atoms with E-state index in [1.165, 1.54) is 0 Å². The van der Waals surface area contributed by atoms with Crippen LogP contribution in [0.25, 0.3) is 11.0 Å². The summed E-state index contributed by atoms with van der Waals surface area (Å²) in [6.07, 6.45) is 1.44. The second-order valence-corrected chi connectivity index (χ2v) is 6.31. The molecule has 1 aliphatic heterocycles. The quantitative estimate of drug-likeness (QED) is 0.771. The van der Waals surface area contributed by atoms with Crippen molar-refractivity contribution in [3.8, 4) is 0 Å². The molecule has 0 saturated carbocycles. The van der Waals surface area contributed by atoms with E-state index in [4.69, 9.17) is 10.5 Å². The van der Waals surface area contributed by atoms with Crippen LogP contribution in [0.2, 0.25) is 0 Å². The van der Waals surface area contributed by atoms with Crippen LogP contribution in [-0.2, 0) is 9.53 Å². The third-order valence-corrected chi connectivity index (χ3v) is 4.64. The number of nitrogens with zero attached hydrogens (tertiary/aromatic N) is 2. The van der Waals surface area contributed by atoms with Crippen molar-refractivity contribution >= 4 is 41.8 Å². The Bertz CT molecular complexity index is 754. The highest BCUT2D eigenvalue weighted by Gasteiger charge is 2.29. The number of fused-ring (bicyclic) bond motifs is 1. The number of alkyl halides is 2. The normalized spacial score (nSPS) is 17.1. The van der Waals surface area contributed by atoms with Crippen LogP contribution in [0.4, 0.5) is 8.78 Å². The van der Waals surface area contributed by atoms with Crippen LogP contribution in [0.5, 0.6) is 0 Å². The molecule has 0 aliphatic carbocycles. The molecule has 1 saturated heterocycles.